The van der Waals surface area contributed by atoms with Gasteiger partial charge < -0.3 is 10.1 Å². The SMILES string of the molecule is CCNC(c1cc(F)ccc1OC)C1(C)CC1. The number of benzene rings is 1. The lowest BCUT2D eigenvalue weighted by Gasteiger charge is -2.26. The van der Waals surface area contributed by atoms with Crippen LogP contribution >= 0.6 is 0 Å². The molecule has 1 aliphatic rings. The molecule has 94 valence electrons. The monoisotopic (exact) mass is 237 g/mol. The Morgan fingerprint density at radius 1 is 1.47 bits per heavy atom. The first kappa shape index (κ1) is 12.4. The molecule has 1 aliphatic carbocycles. The first-order valence-electron chi connectivity index (χ1n) is 6.17. The molecule has 3 heteroatoms. The van der Waals surface area contributed by atoms with Crippen LogP contribution in [-0.2, 0) is 0 Å². The van der Waals surface area contributed by atoms with E-state index in [1.807, 2.05) is 0 Å². The van der Waals surface area contributed by atoms with Gasteiger partial charge in [-0.15, -0.1) is 0 Å². The topological polar surface area (TPSA) is 21.3 Å². The molecule has 0 aliphatic heterocycles. The predicted molar refractivity (Wildman–Crippen MR) is 66.7 cm³/mol. The van der Waals surface area contributed by atoms with Crippen molar-refractivity contribution in [1.82, 2.24) is 5.32 Å². The highest BCUT2D eigenvalue weighted by Crippen LogP contribution is 2.55. The molecule has 1 N–H and O–H groups in total. The van der Waals surface area contributed by atoms with E-state index in [0.29, 0.717) is 0 Å². The minimum absolute atomic E-state index is 0.179. The van der Waals surface area contributed by atoms with Gasteiger partial charge in [-0.3, -0.25) is 0 Å². The molecule has 0 radical (unpaired) electrons. The summed E-state index contributed by atoms with van der Waals surface area (Å²) < 4.78 is 18.8. The van der Waals surface area contributed by atoms with Gasteiger partial charge in [-0.1, -0.05) is 13.8 Å². The number of hydrogen-bond acceptors (Lipinski definition) is 2. The number of halogens is 1. The van der Waals surface area contributed by atoms with Crippen molar-refractivity contribution >= 4 is 0 Å². The van der Waals surface area contributed by atoms with Crippen molar-refractivity contribution in [2.24, 2.45) is 5.41 Å². The fourth-order valence-corrected chi connectivity index (χ4v) is 2.35. The standard InChI is InChI=1S/C14H20FNO/c1-4-16-13(14(2)7-8-14)11-9-10(15)5-6-12(11)17-3/h5-6,9,13,16H,4,7-8H2,1-3H3. The van der Waals surface area contributed by atoms with E-state index in [1.54, 1.807) is 19.2 Å². The van der Waals surface area contributed by atoms with E-state index in [4.69, 9.17) is 4.74 Å². The van der Waals surface area contributed by atoms with Gasteiger partial charge in [-0.25, -0.2) is 4.39 Å². The molecule has 0 heterocycles. The average Bonchev–Trinajstić information content (AvgIpc) is 3.05. The van der Waals surface area contributed by atoms with Crippen LogP contribution in [0.3, 0.4) is 0 Å². The molecule has 1 fully saturated rings. The van der Waals surface area contributed by atoms with Gasteiger partial charge in [0.05, 0.1) is 7.11 Å². The van der Waals surface area contributed by atoms with Crippen LogP contribution in [0.5, 0.6) is 5.75 Å². The van der Waals surface area contributed by atoms with Crippen LogP contribution in [0.15, 0.2) is 18.2 Å². The highest BCUT2D eigenvalue weighted by Gasteiger charge is 2.46. The molecule has 1 unspecified atom stereocenters. The van der Waals surface area contributed by atoms with Crippen LogP contribution in [0, 0.1) is 11.2 Å². The molecule has 1 aromatic carbocycles. The third-order valence-electron chi connectivity index (χ3n) is 3.65. The Morgan fingerprint density at radius 3 is 2.71 bits per heavy atom. The van der Waals surface area contributed by atoms with E-state index < -0.39 is 0 Å². The number of nitrogens with one attached hydrogen (secondary N) is 1. The Morgan fingerprint density at radius 2 is 2.18 bits per heavy atom. The van der Waals surface area contributed by atoms with Crippen LogP contribution in [-0.4, -0.2) is 13.7 Å². The summed E-state index contributed by atoms with van der Waals surface area (Å²) in [5, 5.41) is 3.46. The lowest BCUT2D eigenvalue weighted by Crippen LogP contribution is -2.28. The molecule has 0 spiro atoms. The molecular weight excluding hydrogens is 217 g/mol. The average molecular weight is 237 g/mol. The molecule has 0 aromatic heterocycles. The van der Waals surface area contributed by atoms with Crippen molar-refractivity contribution in [1.29, 1.82) is 0 Å². The maximum atomic E-state index is 13.4. The Bertz CT molecular complexity index is 401. The van der Waals surface area contributed by atoms with E-state index in [9.17, 15) is 4.39 Å². The molecule has 1 aromatic rings. The largest absolute Gasteiger partial charge is 0.496 e. The Hall–Kier alpha value is -1.09. The second kappa shape index (κ2) is 4.65. The van der Waals surface area contributed by atoms with Gasteiger partial charge in [0.1, 0.15) is 11.6 Å². The van der Waals surface area contributed by atoms with Gasteiger partial charge in [0.25, 0.3) is 0 Å². The van der Waals surface area contributed by atoms with Crippen molar-refractivity contribution in [2.45, 2.75) is 32.7 Å². The first-order chi connectivity index (χ1) is 8.10. The Labute approximate surface area is 102 Å². The highest BCUT2D eigenvalue weighted by molar-refractivity contribution is 5.38. The highest BCUT2D eigenvalue weighted by atomic mass is 19.1. The van der Waals surface area contributed by atoms with Crippen molar-refractivity contribution < 1.29 is 9.13 Å². The summed E-state index contributed by atoms with van der Waals surface area (Å²) in [4.78, 5) is 0. The fourth-order valence-electron chi connectivity index (χ4n) is 2.35. The summed E-state index contributed by atoms with van der Waals surface area (Å²) in [6.07, 6.45) is 2.37. The van der Waals surface area contributed by atoms with Crippen LogP contribution in [0.25, 0.3) is 0 Å². The smallest absolute Gasteiger partial charge is 0.123 e. The summed E-state index contributed by atoms with van der Waals surface area (Å²) in [6.45, 7) is 5.19. The quantitative estimate of drug-likeness (QED) is 0.848. The number of hydrogen-bond donors (Lipinski definition) is 1. The lowest BCUT2D eigenvalue weighted by molar-refractivity contribution is 0.345. The van der Waals surface area contributed by atoms with Crippen LogP contribution in [0.2, 0.25) is 0 Å². The molecule has 0 amide bonds. The van der Waals surface area contributed by atoms with E-state index in [2.05, 4.69) is 19.2 Å². The van der Waals surface area contributed by atoms with E-state index in [1.165, 1.54) is 18.9 Å². The molecular formula is C14H20FNO. The minimum atomic E-state index is -0.201. The van der Waals surface area contributed by atoms with E-state index >= 15 is 0 Å². The van der Waals surface area contributed by atoms with Gasteiger partial charge >= 0.3 is 0 Å². The normalized spacial score (nSPS) is 18.8. The van der Waals surface area contributed by atoms with E-state index in [-0.39, 0.29) is 17.3 Å². The molecule has 0 bridgehead atoms. The minimum Gasteiger partial charge on any atom is -0.496 e. The maximum Gasteiger partial charge on any atom is 0.123 e. The summed E-state index contributed by atoms with van der Waals surface area (Å²) in [5.41, 5.74) is 1.19. The summed E-state index contributed by atoms with van der Waals surface area (Å²) in [5.74, 6) is 0.568. The summed E-state index contributed by atoms with van der Waals surface area (Å²) in [7, 11) is 1.63. The predicted octanol–water partition coefficient (Wildman–Crippen LogP) is 3.29. The molecule has 2 nitrogen and oxygen atoms in total. The third-order valence-corrected chi connectivity index (χ3v) is 3.65. The molecule has 17 heavy (non-hydrogen) atoms. The Kier molecular flexibility index (Phi) is 3.38. The van der Waals surface area contributed by atoms with Crippen molar-refractivity contribution in [3.8, 4) is 5.75 Å². The summed E-state index contributed by atoms with van der Waals surface area (Å²) in [6, 6.07) is 4.93. The third kappa shape index (κ3) is 2.44. The van der Waals surface area contributed by atoms with Crippen LogP contribution in [0.4, 0.5) is 4.39 Å². The number of rotatable bonds is 5. The van der Waals surface area contributed by atoms with Gasteiger partial charge in [0.15, 0.2) is 0 Å². The van der Waals surface area contributed by atoms with Crippen LogP contribution < -0.4 is 10.1 Å². The van der Waals surface area contributed by atoms with Crippen molar-refractivity contribution in [3.05, 3.63) is 29.6 Å². The zero-order valence-corrected chi connectivity index (χ0v) is 10.7. The number of ether oxygens (including phenoxy) is 1. The van der Waals surface area contributed by atoms with Crippen molar-refractivity contribution in [2.75, 3.05) is 13.7 Å². The molecule has 2 rings (SSSR count). The molecule has 1 atom stereocenters. The second-order valence-electron chi connectivity index (χ2n) is 5.03. The lowest BCUT2D eigenvalue weighted by atomic mass is 9.91. The number of methoxy groups -OCH3 is 1. The van der Waals surface area contributed by atoms with Gasteiger partial charge in [-0.2, -0.15) is 0 Å². The fraction of sp³-hybridized carbons (Fsp3) is 0.571. The second-order valence-corrected chi connectivity index (χ2v) is 5.03. The van der Waals surface area contributed by atoms with Crippen molar-refractivity contribution in [3.63, 3.8) is 0 Å². The summed E-state index contributed by atoms with van der Waals surface area (Å²) >= 11 is 0. The van der Waals surface area contributed by atoms with Gasteiger partial charge in [0, 0.05) is 11.6 Å². The zero-order valence-electron chi connectivity index (χ0n) is 10.7. The Balaban J connectivity index is 2.37. The van der Waals surface area contributed by atoms with Gasteiger partial charge in [0.2, 0.25) is 0 Å². The zero-order chi connectivity index (χ0) is 12.5. The maximum absolute atomic E-state index is 13.4. The first-order valence-corrected chi connectivity index (χ1v) is 6.17. The van der Waals surface area contributed by atoms with Gasteiger partial charge in [-0.05, 0) is 43.0 Å². The molecule has 0 saturated heterocycles. The molecule has 1 saturated carbocycles. The van der Waals surface area contributed by atoms with E-state index in [0.717, 1.165) is 17.9 Å². The van der Waals surface area contributed by atoms with Crippen LogP contribution in [0.1, 0.15) is 38.3 Å².